The molecule has 0 spiro atoms. The smallest absolute Gasteiger partial charge is 0.262 e. The number of hydrogen-bond acceptors (Lipinski definition) is 5. The van der Waals surface area contributed by atoms with Gasteiger partial charge in [0.2, 0.25) is 0 Å². The van der Waals surface area contributed by atoms with Crippen LogP contribution in [0.25, 0.3) is 10.9 Å². The molecular weight excluding hydrogens is 380 g/mol. The van der Waals surface area contributed by atoms with Crippen molar-refractivity contribution < 1.29 is 23.0 Å². The minimum atomic E-state index is -0.521. The van der Waals surface area contributed by atoms with E-state index in [1.165, 1.54) is 30.3 Å². The van der Waals surface area contributed by atoms with E-state index >= 15 is 0 Å². The third-order valence-corrected chi connectivity index (χ3v) is 4.53. The van der Waals surface area contributed by atoms with Crippen molar-refractivity contribution in [1.82, 2.24) is 4.98 Å². The molecule has 8 heteroatoms. The normalized spacial score (nSPS) is 14.1. The number of hydrogen-bond donors (Lipinski definition) is 1. The minimum absolute atomic E-state index is 0.245. The molecule has 0 radical (unpaired) electrons. The summed E-state index contributed by atoms with van der Waals surface area (Å²) in [5.41, 5.74) is 0.554. The van der Waals surface area contributed by atoms with Crippen molar-refractivity contribution in [3.05, 3.63) is 60.2 Å². The highest BCUT2D eigenvalue weighted by Gasteiger charge is 2.15. The van der Waals surface area contributed by atoms with E-state index in [2.05, 4.69) is 10.3 Å². The van der Waals surface area contributed by atoms with Crippen molar-refractivity contribution in [1.29, 1.82) is 0 Å². The van der Waals surface area contributed by atoms with E-state index in [9.17, 15) is 13.6 Å². The molecule has 1 N–H and O–H groups in total. The van der Waals surface area contributed by atoms with Gasteiger partial charge in [0, 0.05) is 24.2 Å². The third-order valence-electron chi connectivity index (χ3n) is 4.53. The summed E-state index contributed by atoms with van der Waals surface area (Å²) < 4.78 is 38.1. The largest absolute Gasteiger partial charge is 0.484 e. The first-order chi connectivity index (χ1) is 14.1. The molecule has 0 unspecified atom stereocenters. The van der Waals surface area contributed by atoms with Gasteiger partial charge in [-0.3, -0.25) is 4.79 Å². The second kappa shape index (κ2) is 8.40. The maximum Gasteiger partial charge on any atom is 0.262 e. The molecular formula is C21H19F2N3O3. The van der Waals surface area contributed by atoms with Gasteiger partial charge < -0.3 is 19.7 Å². The zero-order chi connectivity index (χ0) is 20.2. The van der Waals surface area contributed by atoms with Gasteiger partial charge >= 0.3 is 0 Å². The first-order valence-electron chi connectivity index (χ1n) is 9.20. The highest BCUT2D eigenvalue weighted by molar-refractivity contribution is 5.94. The zero-order valence-electron chi connectivity index (χ0n) is 15.5. The molecule has 3 aromatic rings. The lowest BCUT2D eigenvalue weighted by molar-refractivity contribution is -0.118. The summed E-state index contributed by atoms with van der Waals surface area (Å²) in [6, 6.07) is 11.8. The fourth-order valence-electron chi connectivity index (χ4n) is 3.10. The Morgan fingerprint density at radius 2 is 1.86 bits per heavy atom. The molecule has 1 saturated heterocycles. The van der Waals surface area contributed by atoms with Crippen LogP contribution < -0.4 is 15.0 Å². The van der Waals surface area contributed by atoms with Crippen molar-refractivity contribution >= 4 is 28.3 Å². The molecule has 1 amide bonds. The van der Waals surface area contributed by atoms with E-state index in [0.717, 1.165) is 0 Å². The fourth-order valence-corrected chi connectivity index (χ4v) is 3.10. The Kier molecular flexibility index (Phi) is 5.53. The van der Waals surface area contributed by atoms with Crippen molar-refractivity contribution in [2.45, 2.75) is 0 Å². The maximum absolute atomic E-state index is 14.6. The van der Waals surface area contributed by atoms with Crippen LogP contribution in [-0.4, -0.2) is 43.8 Å². The first kappa shape index (κ1) is 19.1. The van der Waals surface area contributed by atoms with Crippen LogP contribution in [0.5, 0.6) is 5.75 Å². The van der Waals surface area contributed by atoms with E-state index in [1.54, 1.807) is 12.1 Å². The summed E-state index contributed by atoms with van der Waals surface area (Å²) in [7, 11) is 0. The second-order valence-electron chi connectivity index (χ2n) is 6.59. The Balaban J connectivity index is 1.45. The molecule has 1 aliphatic heterocycles. The van der Waals surface area contributed by atoms with E-state index in [4.69, 9.17) is 9.47 Å². The van der Waals surface area contributed by atoms with Crippen molar-refractivity contribution in [3.63, 3.8) is 0 Å². The SMILES string of the molecule is O=C(COc1ccc(F)cc1)Nc1cc(F)c2nc(N3CCOCC3)ccc2c1. The number of ether oxygens (including phenoxy) is 2. The van der Waals surface area contributed by atoms with Gasteiger partial charge in [-0.1, -0.05) is 0 Å². The molecule has 2 heterocycles. The van der Waals surface area contributed by atoms with Gasteiger partial charge in [0.15, 0.2) is 12.4 Å². The number of anilines is 2. The fraction of sp³-hybridized carbons (Fsp3) is 0.238. The van der Waals surface area contributed by atoms with Crippen LogP contribution >= 0.6 is 0 Å². The van der Waals surface area contributed by atoms with E-state index in [0.29, 0.717) is 48.9 Å². The van der Waals surface area contributed by atoms with Gasteiger partial charge in [0.25, 0.3) is 5.91 Å². The van der Waals surface area contributed by atoms with Crippen molar-refractivity contribution in [3.8, 4) is 5.75 Å². The Hall–Kier alpha value is -3.26. The predicted molar refractivity (Wildman–Crippen MR) is 105 cm³/mol. The molecule has 150 valence electrons. The number of aromatic nitrogens is 1. The quantitative estimate of drug-likeness (QED) is 0.713. The lowest BCUT2D eigenvalue weighted by Gasteiger charge is -2.28. The predicted octanol–water partition coefficient (Wildman–Crippen LogP) is 3.37. The number of morpholine rings is 1. The average Bonchev–Trinajstić information content (AvgIpc) is 2.74. The number of benzene rings is 2. The van der Waals surface area contributed by atoms with Gasteiger partial charge in [-0.25, -0.2) is 13.8 Å². The topological polar surface area (TPSA) is 63.7 Å². The van der Waals surface area contributed by atoms with Crippen LogP contribution in [0, 0.1) is 11.6 Å². The third kappa shape index (κ3) is 4.60. The monoisotopic (exact) mass is 399 g/mol. The lowest BCUT2D eigenvalue weighted by Crippen LogP contribution is -2.36. The number of carbonyl (C=O) groups excluding carboxylic acids is 1. The lowest BCUT2D eigenvalue weighted by atomic mass is 10.2. The second-order valence-corrected chi connectivity index (χ2v) is 6.59. The van der Waals surface area contributed by atoms with E-state index in [1.807, 2.05) is 11.0 Å². The Labute approximate surface area is 166 Å². The average molecular weight is 399 g/mol. The van der Waals surface area contributed by atoms with Crippen LogP contribution in [0.3, 0.4) is 0 Å². The summed E-state index contributed by atoms with van der Waals surface area (Å²) in [4.78, 5) is 18.6. The Bertz CT molecular complexity index is 1020. The van der Waals surface area contributed by atoms with Gasteiger partial charge in [-0.2, -0.15) is 0 Å². The van der Waals surface area contributed by atoms with Crippen molar-refractivity contribution in [2.24, 2.45) is 0 Å². The molecule has 1 fully saturated rings. The summed E-state index contributed by atoms with van der Waals surface area (Å²) >= 11 is 0. The Morgan fingerprint density at radius 3 is 2.62 bits per heavy atom. The Morgan fingerprint density at radius 1 is 1.10 bits per heavy atom. The van der Waals surface area contributed by atoms with Crippen LogP contribution in [-0.2, 0) is 9.53 Å². The van der Waals surface area contributed by atoms with Crippen molar-refractivity contribution in [2.75, 3.05) is 43.1 Å². The molecule has 29 heavy (non-hydrogen) atoms. The number of nitrogens with one attached hydrogen (secondary N) is 1. The zero-order valence-corrected chi connectivity index (χ0v) is 15.5. The summed E-state index contributed by atoms with van der Waals surface area (Å²) in [6.07, 6.45) is 0. The standard InChI is InChI=1S/C21H19F2N3O3/c22-15-2-4-17(5-3-15)29-13-20(27)24-16-11-14-1-6-19(25-21(14)18(23)12-16)26-7-9-28-10-8-26/h1-6,11-12H,7-10,13H2,(H,24,27). The molecule has 0 bridgehead atoms. The molecule has 4 rings (SSSR count). The van der Waals surface area contributed by atoms with Gasteiger partial charge in [-0.05, 0) is 48.5 Å². The van der Waals surface area contributed by atoms with Crippen LogP contribution in [0.4, 0.5) is 20.3 Å². The molecule has 1 aliphatic rings. The van der Waals surface area contributed by atoms with Crippen LogP contribution in [0.15, 0.2) is 48.5 Å². The number of halogens is 2. The number of nitrogens with zero attached hydrogens (tertiary/aromatic N) is 2. The molecule has 1 aromatic heterocycles. The van der Waals surface area contributed by atoms with E-state index < -0.39 is 11.7 Å². The number of pyridine rings is 1. The summed E-state index contributed by atoms with van der Waals surface area (Å²) in [6.45, 7) is 2.38. The van der Waals surface area contributed by atoms with Gasteiger partial charge in [0.1, 0.15) is 22.9 Å². The molecule has 2 aromatic carbocycles. The number of amides is 1. The maximum atomic E-state index is 14.6. The highest BCUT2D eigenvalue weighted by Crippen LogP contribution is 2.25. The van der Waals surface area contributed by atoms with Crippen LogP contribution in [0.1, 0.15) is 0 Å². The molecule has 0 aliphatic carbocycles. The number of rotatable bonds is 5. The van der Waals surface area contributed by atoms with Gasteiger partial charge in [-0.15, -0.1) is 0 Å². The summed E-state index contributed by atoms with van der Waals surface area (Å²) in [5.74, 6) is -0.299. The van der Waals surface area contributed by atoms with Crippen LogP contribution in [0.2, 0.25) is 0 Å². The molecule has 0 saturated carbocycles. The summed E-state index contributed by atoms with van der Waals surface area (Å²) in [5, 5.41) is 3.18. The minimum Gasteiger partial charge on any atom is -0.484 e. The number of fused-ring (bicyclic) bond motifs is 1. The number of carbonyl (C=O) groups is 1. The molecule has 6 nitrogen and oxygen atoms in total. The van der Waals surface area contributed by atoms with Gasteiger partial charge in [0.05, 0.1) is 13.2 Å². The molecule has 0 atom stereocenters. The highest BCUT2D eigenvalue weighted by atomic mass is 19.1. The van der Waals surface area contributed by atoms with E-state index in [-0.39, 0.29) is 17.9 Å². The first-order valence-corrected chi connectivity index (χ1v) is 9.20.